The lowest BCUT2D eigenvalue weighted by molar-refractivity contribution is -0.116. The van der Waals surface area contributed by atoms with Crippen molar-refractivity contribution in [3.63, 3.8) is 0 Å². The van der Waals surface area contributed by atoms with Crippen molar-refractivity contribution < 1.29 is 9.59 Å². The SMILES string of the molecule is CNCCC(=O)Nc1cc(Cl)ccc1C(=O)N(C)C. The number of benzene rings is 1. The van der Waals surface area contributed by atoms with Crippen LogP contribution in [0.2, 0.25) is 5.02 Å². The summed E-state index contributed by atoms with van der Waals surface area (Å²) in [6.07, 6.45) is 0.332. The first-order valence-corrected chi connectivity index (χ1v) is 6.29. The molecule has 0 atom stereocenters. The van der Waals surface area contributed by atoms with E-state index in [4.69, 9.17) is 11.6 Å². The van der Waals surface area contributed by atoms with Crippen molar-refractivity contribution in [3.05, 3.63) is 28.8 Å². The van der Waals surface area contributed by atoms with Gasteiger partial charge in [0, 0.05) is 32.1 Å². The molecule has 0 aliphatic rings. The number of nitrogens with zero attached hydrogens (tertiary/aromatic N) is 1. The van der Waals surface area contributed by atoms with Crippen molar-refractivity contribution in [2.45, 2.75) is 6.42 Å². The van der Waals surface area contributed by atoms with Crippen molar-refractivity contribution in [1.82, 2.24) is 10.2 Å². The summed E-state index contributed by atoms with van der Waals surface area (Å²) in [5.41, 5.74) is 0.861. The molecule has 2 amide bonds. The minimum Gasteiger partial charge on any atom is -0.345 e. The number of rotatable bonds is 5. The molecule has 0 fully saturated rings. The zero-order chi connectivity index (χ0) is 14.4. The third kappa shape index (κ3) is 4.54. The molecule has 1 aromatic rings. The van der Waals surface area contributed by atoms with Crippen LogP contribution in [0.3, 0.4) is 0 Å². The number of carbonyl (C=O) groups excluding carboxylic acids is 2. The lowest BCUT2D eigenvalue weighted by Gasteiger charge is -2.15. The van der Waals surface area contributed by atoms with E-state index < -0.39 is 0 Å². The second-order valence-electron chi connectivity index (χ2n) is 4.29. The first-order valence-electron chi connectivity index (χ1n) is 5.91. The lowest BCUT2D eigenvalue weighted by atomic mass is 10.1. The molecule has 0 heterocycles. The van der Waals surface area contributed by atoms with Crippen LogP contribution in [0.15, 0.2) is 18.2 Å². The maximum atomic E-state index is 12.0. The smallest absolute Gasteiger partial charge is 0.255 e. The Balaban J connectivity index is 2.94. The maximum absolute atomic E-state index is 12.0. The highest BCUT2D eigenvalue weighted by Gasteiger charge is 2.15. The number of carbonyl (C=O) groups is 2. The van der Waals surface area contributed by atoms with Crippen LogP contribution in [0.5, 0.6) is 0 Å². The summed E-state index contributed by atoms with van der Waals surface area (Å²) in [6, 6.07) is 4.81. The molecule has 2 N–H and O–H groups in total. The monoisotopic (exact) mass is 283 g/mol. The third-order valence-electron chi connectivity index (χ3n) is 2.49. The van der Waals surface area contributed by atoms with Crippen LogP contribution in [-0.2, 0) is 4.79 Å². The molecule has 0 saturated heterocycles. The molecular formula is C13H18ClN3O2. The molecular weight excluding hydrogens is 266 g/mol. The van der Waals surface area contributed by atoms with Gasteiger partial charge in [0.25, 0.3) is 5.91 Å². The van der Waals surface area contributed by atoms with Gasteiger partial charge >= 0.3 is 0 Å². The summed E-state index contributed by atoms with van der Waals surface area (Å²) >= 11 is 5.90. The lowest BCUT2D eigenvalue weighted by Crippen LogP contribution is -2.25. The Morgan fingerprint density at radius 3 is 2.58 bits per heavy atom. The molecule has 0 aliphatic heterocycles. The number of nitrogens with one attached hydrogen (secondary N) is 2. The first kappa shape index (κ1) is 15.5. The van der Waals surface area contributed by atoms with Crippen molar-refractivity contribution in [1.29, 1.82) is 0 Å². The van der Waals surface area contributed by atoms with Gasteiger partial charge in [-0.2, -0.15) is 0 Å². The molecule has 0 saturated carbocycles. The first-order chi connectivity index (χ1) is 8.95. The Morgan fingerprint density at radius 1 is 1.32 bits per heavy atom. The summed E-state index contributed by atoms with van der Waals surface area (Å²) in [5.74, 6) is -0.343. The number of amides is 2. The van der Waals surface area contributed by atoms with Crippen LogP contribution >= 0.6 is 11.6 Å². The van der Waals surface area contributed by atoms with Gasteiger partial charge in [0.1, 0.15) is 0 Å². The minimum atomic E-state index is -0.180. The zero-order valence-electron chi connectivity index (χ0n) is 11.3. The van der Waals surface area contributed by atoms with Gasteiger partial charge < -0.3 is 15.5 Å². The average Bonchev–Trinajstić information content (AvgIpc) is 2.35. The predicted octanol–water partition coefficient (Wildman–Crippen LogP) is 1.59. The summed E-state index contributed by atoms with van der Waals surface area (Å²) in [6.45, 7) is 0.573. The van der Waals surface area contributed by atoms with Gasteiger partial charge in [-0.25, -0.2) is 0 Å². The van der Waals surface area contributed by atoms with E-state index in [0.29, 0.717) is 29.2 Å². The highest BCUT2D eigenvalue weighted by Crippen LogP contribution is 2.22. The van der Waals surface area contributed by atoms with Gasteiger partial charge in [-0.15, -0.1) is 0 Å². The Bertz CT molecular complexity index is 475. The van der Waals surface area contributed by atoms with Gasteiger partial charge in [-0.05, 0) is 25.2 Å². The van der Waals surface area contributed by atoms with Crippen LogP contribution < -0.4 is 10.6 Å². The fraction of sp³-hybridized carbons (Fsp3) is 0.385. The Labute approximate surface area is 117 Å². The van der Waals surface area contributed by atoms with E-state index in [-0.39, 0.29) is 11.8 Å². The summed E-state index contributed by atoms with van der Waals surface area (Å²) in [4.78, 5) is 25.2. The molecule has 19 heavy (non-hydrogen) atoms. The van der Waals surface area contributed by atoms with Crippen molar-refractivity contribution in [2.24, 2.45) is 0 Å². The Hall–Kier alpha value is -1.59. The highest BCUT2D eigenvalue weighted by molar-refractivity contribution is 6.31. The van der Waals surface area contributed by atoms with E-state index in [1.165, 1.54) is 4.90 Å². The standard InChI is InChI=1S/C13H18ClN3O2/c1-15-7-6-12(18)16-11-8-9(14)4-5-10(11)13(19)17(2)3/h4-5,8,15H,6-7H2,1-3H3,(H,16,18). The molecule has 1 aromatic carbocycles. The van der Waals surface area contributed by atoms with Gasteiger partial charge in [-0.1, -0.05) is 11.6 Å². The summed E-state index contributed by atoms with van der Waals surface area (Å²) in [7, 11) is 5.08. The van der Waals surface area contributed by atoms with Crippen molar-refractivity contribution in [2.75, 3.05) is 33.0 Å². The zero-order valence-corrected chi connectivity index (χ0v) is 12.0. The molecule has 0 aromatic heterocycles. The number of anilines is 1. The van der Waals surface area contributed by atoms with E-state index in [1.807, 2.05) is 0 Å². The highest BCUT2D eigenvalue weighted by atomic mass is 35.5. The summed E-state index contributed by atoms with van der Waals surface area (Å²) in [5, 5.41) is 6.07. The van der Waals surface area contributed by atoms with E-state index >= 15 is 0 Å². The van der Waals surface area contributed by atoms with Gasteiger partial charge in [0.2, 0.25) is 5.91 Å². The fourth-order valence-corrected chi connectivity index (χ4v) is 1.67. The van der Waals surface area contributed by atoms with E-state index in [2.05, 4.69) is 10.6 Å². The molecule has 6 heteroatoms. The van der Waals surface area contributed by atoms with Crippen LogP contribution in [0.1, 0.15) is 16.8 Å². The van der Waals surface area contributed by atoms with E-state index in [9.17, 15) is 9.59 Å². The molecule has 104 valence electrons. The van der Waals surface area contributed by atoms with Gasteiger partial charge in [-0.3, -0.25) is 9.59 Å². The summed E-state index contributed by atoms with van der Waals surface area (Å²) < 4.78 is 0. The van der Waals surface area contributed by atoms with E-state index in [0.717, 1.165) is 0 Å². The quantitative estimate of drug-likeness (QED) is 0.863. The molecule has 0 aliphatic carbocycles. The van der Waals surface area contributed by atoms with E-state index in [1.54, 1.807) is 39.3 Å². The average molecular weight is 284 g/mol. The number of hydrogen-bond donors (Lipinski definition) is 2. The van der Waals surface area contributed by atoms with Crippen LogP contribution in [0.4, 0.5) is 5.69 Å². The normalized spacial score (nSPS) is 10.1. The van der Waals surface area contributed by atoms with Gasteiger partial charge in [0.15, 0.2) is 0 Å². The molecule has 5 nitrogen and oxygen atoms in total. The predicted molar refractivity (Wildman–Crippen MR) is 76.6 cm³/mol. The van der Waals surface area contributed by atoms with Crippen LogP contribution in [0.25, 0.3) is 0 Å². The molecule has 0 radical (unpaired) electrons. The fourth-order valence-electron chi connectivity index (χ4n) is 1.50. The minimum absolute atomic E-state index is 0.163. The number of halogens is 1. The molecule has 0 unspecified atom stereocenters. The van der Waals surface area contributed by atoms with Crippen molar-refractivity contribution >= 4 is 29.1 Å². The number of hydrogen-bond acceptors (Lipinski definition) is 3. The van der Waals surface area contributed by atoms with Crippen LogP contribution in [-0.4, -0.2) is 44.4 Å². The van der Waals surface area contributed by atoms with Gasteiger partial charge in [0.05, 0.1) is 11.3 Å². The second-order valence-corrected chi connectivity index (χ2v) is 4.73. The van der Waals surface area contributed by atoms with Crippen molar-refractivity contribution in [3.8, 4) is 0 Å². The molecule has 1 rings (SSSR count). The largest absolute Gasteiger partial charge is 0.345 e. The second kappa shape index (κ2) is 7.11. The third-order valence-corrected chi connectivity index (χ3v) is 2.73. The Kier molecular flexibility index (Phi) is 5.79. The Morgan fingerprint density at radius 2 is 2.00 bits per heavy atom. The maximum Gasteiger partial charge on any atom is 0.255 e. The molecule has 0 spiro atoms. The van der Waals surface area contributed by atoms with Crippen LogP contribution in [0, 0.1) is 0 Å². The molecule has 0 bridgehead atoms. The topological polar surface area (TPSA) is 61.4 Å².